The molecule has 2 aromatic heterocycles. The first-order valence-corrected chi connectivity index (χ1v) is 12.2. The Morgan fingerprint density at radius 1 is 0.966 bits per heavy atom. The highest BCUT2D eigenvalue weighted by Gasteiger charge is 2.46. The number of hydrogen-bond donors (Lipinski definition) is 2. The molecule has 0 aromatic carbocycles. The molecule has 4 heterocycles. The van der Waals surface area contributed by atoms with Crippen molar-refractivity contribution < 1.29 is 0 Å². The Labute approximate surface area is 174 Å². The van der Waals surface area contributed by atoms with Gasteiger partial charge in [0.05, 0.1) is 18.0 Å². The minimum absolute atomic E-state index is 0.508. The van der Waals surface area contributed by atoms with Gasteiger partial charge in [0.2, 0.25) is 0 Å². The zero-order valence-corrected chi connectivity index (χ0v) is 17.7. The fourth-order valence-electron chi connectivity index (χ4n) is 7.28. The van der Waals surface area contributed by atoms with Gasteiger partial charge in [0.15, 0.2) is 0 Å². The first kappa shape index (κ1) is 18.4. The van der Waals surface area contributed by atoms with E-state index in [0.717, 1.165) is 12.0 Å². The first-order chi connectivity index (χ1) is 14.2. The molecular weight excluding hydrogens is 356 g/mol. The summed E-state index contributed by atoms with van der Waals surface area (Å²) >= 11 is 0. The Morgan fingerprint density at radius 2 is 1.83 bits per heavy atom. The molecule has 2 saturated carbocycles. The van der Waals surface area contributed by atoms with Crippen LogP contribution in [-0.4, -0.2) is 27.5 Å². The molecule has 2 N–H and O–H groups in total. The van der Waals surface area contributed by atoms with Crippen molar-refractivity contribution in [2.45, 2.75) is 94.7 Å². The number of aromatic nitrogens is 2. The lowest BCUT2D eigenvalue weighted by molar-refractivity contribution is 0.138. The normalized spacial score (nSPS) is 37.0. The summed E-state index contributed by atoms with van der Waals surface area (Å²) in [6, 6.07) is 5.82. The predicted molar refractivity (Wildman–Crippen MR) is 117 cm³/mol. The number of nitrogens with one attached hydrogen (secondary N) is 2. The Kier molecular flexibility index (Phi) is 4.50. The van der Waals surface area contributed by atoms with Crippen LogP contribution in [0, 0.1) is 11.3 Å². The van der Waals surface area contributed by atoms with E-state index in [-0.39, 0.29) is 0 Å². The third-order valence-corrected chi connectivity index (χ3v) is 9.09. The van der Waals surface area contributed by atoms with Gasteiger partial charge in [-0.1, -0.05) is 25.3 Å². The summed E-state index contributed by atoms with van der Waals surface area (Å²) in [6.07, 6.45) is 23.2. The van der Waals surface area contributed by atoms with Crippen LogP contribution in [0.4, 0.5) is 0 Å². The van der Waals surface area contributed by atoms with E-state index in [2.05, 4.69) is 38.3 Å². The molecular formula is C25H36N4. The predicted octanol–water partition coefficient (Wildman–Crippen LogP) is 5.00. The SMILES string of the molecule is c1cc2cncn2cc1C1CC2(CCC(C3CCC4(CCCCC4)N3)CC2)CN1. The van der Waals surface area contributed by atoms with E-state index >= 15 is 0 Å². The Balaban J connectivity index is 1.08. The second-order valence-corrected chi connectivity index (χ2v) is 10.8. The van der Waals surface area contributed by atoms with Gasteiger partial charge in [0.1, 0.15) is 0 Å². The molecule has 2 spiro atoms. The number of fused-ring (bicyclic) bond motifs is 1. The summed E-state index contributed by atoms with van der Waals surface area (Å²) in [5, 5.41) is 8.05. The van der Waals surface area contributed by atoms with Crippen molar-refractivity contribution in [1.82, 2.24) is 20.0 Å². The molecule has 4 fully saturated rings. The molecule has 6 rings (SSSR count). The fraction of sp³-hybridized carbons (Fsp3) is 0.720. The van der Waals surface area contributed by atoms with E-state index in [1.807, 2.05) is 12.5 Å². The van der Waals surface area contributed by atoms with Crippen molar-refractivity contribution in [3.8, 4) is 0 Å². The summed E-state index contributed by atoms with van der Waals surface area (Å²) in [7, 11) is 0. The highest BCUT2D eigenvalue weighted by Crippen LogP contribution is 2.50. The lowest BCUT2D eigenvalue weighted by atomic mass is 9.67. The van der Waals surface area contributed by atoms with Crippen LogP contribution >= 0.6 is 0 Å². The second kappa shape index (κ2) is 7.09. The van der Waals surface area contributed by atoms with E-state index in [0.29, 0.717) is 17.0 Å². The third kappa shape index (κ3) is 3.33. The van der Waals surface area contributed by atoms with Crippen LogP contribution in [0.25, 0.3) is 5.52 Å². The molecule has 0 amide bonds. The zero-order chi connectivity index (χ0) is 19.3. The highest BCUT2D eigenvalue weighted by molar-refractivity contribution is 5.45. The van der Waals surface area contributed by atoms with Gasteiger partial charge < -0.3 is 15.0 Å². The van der Waals surface area contributed by atoms with Crippen LogP contribution in [0.3, 0.4) is 0 Å². The number of hydrogen-bond acceptors (Lipinski definition) is 3. The van der Waals surface area contributed by atoms with Crippen LogP contribution in [-0.2, 0) is 0 Å². The monoisotopic (exact) mass is 392 g/mol. The average molecular weight is 393 g/mol. The van der Waals surface area contributed by atoms with Gasteiger partial charge in [-0.3, -0.25) is 0 Å². The van der Waals surface area contributed by atoms with Crippen molar-refractivity contribution in [2.75, 3.05) is 6.54 Å². The van der Waals surface area contributed by atoms with E-state index in [1.165, 1.54) is 94.7 Å². The van der Waals surface area contributed by atoms with Crippen molar-refractivity contribution in [3.05, 3.63) is 36.4 Å². The molecule has 2 saturated heterocycles. The summed E-state index contributed by atoms with van der Waals surface area (Å²) < 4.78 is 2.16. The molecule has 2 aliphatic carbocycles. The topological polar surface area (TPSA) is 41.4 Å². The van der Waals surface area contributed by atoms with E-state index < -0.39 is 0 Å². The van der Waals surface area contributed by atoms with Crippen molar-refractivity contribution in [1.29, 1.82) is 0 Å². The third-order valence-electron chi connectivity index (χ3n) is 9.09. The van der Waals surface area contributed by atoms with Crippen LogP contribution in [0.5, 0.6) is 0 Å². The van der Waals surface area contributed by atoms with Crippen molar-refractivity contribution >= 4 is 5.52 Å². The quantitative estimate of drug-likeness (QED) is 0.756. The van der Waals surface area contributed by atoms with Crippen LogP contribution in [0.2, 0.25) is 0 Å². The molecule has 0 bridgehead atoms. The molecule has 2 unspecified atom stereocenters. The maximum atomic E-state index is 4.27. The molecule has 4 nitrogen and oxygen atoms in total. The van der Waals surface area contributed by atoms with Crippen LogP contribution in [0.15, 0.2) is 30.9 Å². The Morgan fingerprint density at radius 3 is 2.69 bits per heavy atom. The fourth-order valence-corrected chi connectivity index (χ4v) is 7.28. The van der Waals surface area contributed by atoms with Crippen molar-refractivity contribution in [2.24, 2.45) is 11.3 Å². The van der Waals surface area contributed by atoms with E-state index in [4.69, 9.17) is 0 Å². The largest absolute Gasteiger partial charge is 0.309 e. The zero-order valence-electron chi connectivity index (χ0n) is 17.7. The molecule has 2 atom stereocenters. The number of pyridine rings is 1. The Hall–Kier alpha value is -1.39. The lowest BCUT2D eigenvalue weighted by Gasteiger charge is -2.41. The Bertz CT molecular complexity index is 857. The molecule has 4 heteroatoms. The van der Waals surface area contributed by atoms with E-state index in [1.54, 1.807) is 0 Å². The summed E-state index contributed by atoms with van der Waals surface area (Å²) in [6.45, 7) is 1.20. The van der Waals surface area contributed by atoms with Gasteiger partial charge >= 0.3 is 0 Å². The first-order valence-electron chi connectivity index (χ1n) is 12.2. The minimum Gasteiger partial charge on any atom is -0.309 e. The molecule has 4 aliphatic rings. The maximum absolute atomic E-state index is 4.27. The summed E-state index contributed by atoms with van der Waals surface area (Å²) in [5.41, 5.74) is 3.67. The highest BCUT2D eigenvalue weighted by atomic mass is 15.1. The lowest BCUT2D eigenvalue weighted by Crippen LogP contribution is -2.47. The average Bonchev–Trinajstić information content (AvgIpc) is 3.48. The molecule has 2 aromatic rings. The van der Waals surface area contributed by atoms with Gasteiger partial charge in [0, 0.05) is 30.4 Å². The molecule has 29 heavy (non-hydrogen) atoms. The van der Waals surface area contributed by atoms with Gasteiger partial charge in [0.25, 0.3) is 0 Å². The van der Waals surface area contributed by atoms with Gasteiger partial charge in [-0.15, -0.1) is 0 Å². The molecule has 156 valence electrons. The number of rotatable bonds is 2. The summed E-state index contributed by atoms with van der Waals surface area (Å²) in [5.74, 6) is 0.920. The summed E-state index contributed by atoms with van der Waals surface area (Å²) in [4.78, 5) is 4.27. The van der Waals surface area contributed by atoms with Gasteiger partial charge in [-0.25, -0.2) is 4.98 Å². The van der Waals surface area contributed by atoms with Gasteiger partial charge in [-0.2, -0.15) is 0 Å². The number of imidazole rings is 1. The van der Waals surface area contributed by atoms with E-state index in [9.17, 15) is 0 Å². The van der Waals surface area contributed by atoms with Crippen molar-refractivity contribution in [3.63, 3.8) is 0 Å². The van der Waals surface area contributed by atoms with Gasteiger partial charge in [-0.05, 0) is 80.8 Å². The maximum Gasteiger partial charge on any atom is 0.0992 e. The van der Waals surface area contributed by atoms with Crippen LogP contribution in [0.1, 0.15) is 88.7 Å². The smallest absolute Gasteiger partial charge is 0.0992 e. The molecule has 0 radical (unpaired) electrons. The number of nitrogens with zero attached hydrogens (tertiary/aromatic N) is 2. The standard InChI is InChI=1S/C25H36N4/c1-2-9-25(10-3-1)13-8-22(28-25)19-6-11-24(12-7-19)14-23(27-17-24)20-4-5-21-15-26-18-29(21)16-20/h4-5,15-16,18-19,22-23,27-28H,1-3,6-14,17H2. The van der Waals surface area contributed by atoms with Crippen LogP contribution < -0.4 is 10.6 Å². The minimum atomic E-state index is 0.508. The molecule has 2 aliphatic heterocycles. The second-order valence-electron chi connectivity index (χ2n) is 10.8.